The predicted molar refractivity (Wildman–Crippen MR) is 131 cm³/mol. The quantitative estimate of drug-likeness (QED) is 0.421. The van der Waals surface area contributed by atoms with Gasteiger partial charge in [0.25, 0.3) is 0 Å². The first kappa shape index (κ1) is 25.3. The number of ether oxygens (including phenoxy) is 1. The van der Waals surface area contributed by atoms with Crippen LogP contribution in [0.1, 0.15) is 63.0 Å². The molecular formula is C27H34N2O5. The lowest BCUT2D eigenvalue weighted by Gasteiger charge is -2.20. The van der Waals surface area contributed by atoms with Gasteiger partial charge in [-0.2, -0.15) is 0 Å². The van der Waals surface area contributed by atoms with Crippen LogP contribution in [0.3, 0.4) is 0 Å². The van der Waals surface area contributed by atoms with Gasteiger partial charge in [0.05, 0.1) is 5.92 Å². The number of hydrogen-bond donors (Lipinski definition) is 3. The summed E-state index contributed by atoms with van der Waals surface area (Å²) in [5.74, 6) is -1.36. The number of nitrogens with one attached hydrogen (secondary N) is 2. The minimum atomic E-state index is -0.838. The molecule has 2 amide bonds. The molecule has 2 unspecified atom stereocenters. The van der Waals surface area contributed by atoms with Crippen LogP contribution in [0, 0.1) is 5.92 Å². The Morgan fingerprint density at radius 3 is 2.21 bits per heavy atom. The third-order valence-corrected chi connectivity index (χ3v) is 6.26. The lowest BCUT2D eigenvalue weighted by atomic mass is 9.98. The van der Waals surface area contributed by atoms with Gasteiger partial charge in [0, 0.05) is 24.9 Å². The van der Waals surface area contributed by atoms with Crippen molar-refractivity contribution in [2.75, 3.05) is 13.2 Å². The SMILES string of the molecule is CCCC(CNC(=O)OCC1c2ccccc2-c2ccccc21)C(=O)NC(C)CCCC(=O)O. The van der Waals surface area contributed by atoms with E-state index < -0.39 is 12.1 Å². The van der Waals surface area contributed by atoms with Gasteiger partial charge in [-0.3, -0.25) is 9.59 Å². The lowest BCUT2D eigenvalue weighted by molar-refractivity contribution is -0.137. The van der Waals surface area contributed by atoms with E-state index in [0.717, 1.165) is 17.5 Å². The highest BCUT2D eigenvalue weighted by Crippen LogP contribution is 2.44. The highest BCUT2D eigenvalue weighted by molar-refractivity contribution is 5.80. The Labute approximate surface area is 200 Å². The summed E-state index contributed by atoms with van der Waals surface area (Å²) in [5, 5.41) is 14.4. The molecule has 0 heterocycles. The summed E-state index contributed by atoms with van der Waals surface area (Å²) in [7, 11) is 0. The fraction of sp³-hybridized carbons (Fsp3) is 0.444. The maximum Gasteiger partial charge on any atom is 0.407 e. The summed E-state index contributed by atoms with van der Waals surface area (Å²) < 4.78 is 5.57. The van der Waals surface area contributed by atoms with E-state index in [1.807, 2.05) is 38.1 Å². The van der Waals surface area contributed by atoms with Crippen LogP contribution >= 0.6 is 0 Å². The smallest absolute Gasteiger partial charge is 0.407 e. The Hall–Kier alpha value is -3.35. The van der Waals surface area contributed by atoms with E-state index in [2.05, 4.69) is 34.9 Å². The standard InChI is InChI=1S/C27H34N2O5/c1-3-9-19(26(32)29-18(2)10-8-15-25(30)31)16-28-27(33)34-17-24-22-13-6-4-11-20(22)21-12-5-7-14-23(21)24/h4-7,11-14,18-19,24H,3,8-10,15-17H2,1-2H3,(H,28,33)(H,29,32)(H,30,31). The Kier molecular flexibility index (Phi) is 9.08. The number of carboxylic acids is 1. The second-order valence-corrected chi connectivity index (χ2v) is 8.89. The fourth-order valence-corrected chi connectivity index (χ4v) is 4.52. The minimum Gasteiger partial charge on any atom is -0.481 e. The number of carboxylic acid groups (broad SMARTS) is 1. The zero-order valence-electron chi connectivity index (χ0n) is 19.9. The number of amides is 2. The monoisotopic (exact) mass is 466 g/mol. The molecule has 7 heteroatoms. The van der Waals surface area contributed by atoms with E-state index >= 15 is 0 Å². The van der Waals surface area contributed by atoms with Crippen LogP contribution in [-0.4, -0.2) is 42.3 Å². The van der Waals surface area contributed by atoms with Crippen molar-refractivity contribution in [3.8, 4) is 11.1 Å². The summed E-state index contributed by atoms with van der Waals surface area (Å²) in [6.45, 7) is 4.27. The van der Waals surface area contributed by atoms with E-state index in [1.54, 1.807) is 0 Å². The van der Waals surface area contributed by atoms with Crippen LogP contribution in [0.4, 0.5) is 4.79 Å². The second-order valence-electron chi connectivity index (χ2n) is 8.89. The Bertz CT molecular complexity index is 961. The molecule has 0 saturated carbocycles. The average Bonchev–Trinajstić information content (AvgIpc) is 3.13. The number of carbonyl (C=O) groups excluding carboxylic acids is 2. The second kappa shape index (κ2) is 12.2. The molecule has 2 aromatic rings. The summed E-state index contributed by atoms with van der Waals surface area (Å²) in [5.41, 5.74) is 4.64. The summed E-state index contributed by atoms with van der Waals surface area (Å²) in [6.07, 6.45) is 2.09. The number of hydrogen-bond acceptors (Lipinski definition) is 4. The molecular weight excluding hydrogens is 432 g/mol. The van der Waals surface area contributed by atoms with Crippen LogP contribution in [0.15, 0.2) is 48.5 Å². The minimum absolute atomic E-state index is 0.0143. The van der Waals surface area contributed by atoms with E-state index in [1.165, 1.54) is 11.1 Å². The zero-order chi connectivity index (χ0) is 24.5. The van der Waals surface area contributed by atoms with Crippen molar-refractivity contribution in [1.82, 2.24) is 10.6 Å². The van der Waals surface area contributed by atoms with Crippen LogP contribution in [0.2, 0.25) is 0 Å². The Balaban J connectivity index is 1.50. The topological polar surface area (TPSA) is 105 Å². The Morgan fingerprint density at radius 2 is 1.62 bits per heavy atom. The van der Waals surface area contributed by atoms with Gasteiger partial charge in [-0.25, -0.2) is 4.79 Å². The molecule has 0 fully saturated rings. The molecule has 0 aromatic heterocycles. The molecule has 3 rings (SSSR count). The van der Waals surface area contributed by atoms with Crippen molar-refractivity contribution >= 4 is 18.0 Å². The number of aliphatic carboxylic acids is 1. The summed E-state index contributed by atoms with van der Waals surface area (Å²) in [4.78, 5) is 35.8. The average molecular weight is 467 g/mol. The van der Waals surface area contributed by atoms with Gasteiger partial charge >= 0.3 is 12.1 Å². The van der Waals surface area contributed by atoms with Crippen molar-refractivity contribution in [2.24, 2.45) is 5.92 Å². The van der Waals surface area contributed by atoms with Gasteiger partial charge in [-0.05, 0) is 48.4 Å². The van der Waals surface area contributed by atoms with E-state index in [-0.39, 0.29) is 43.4 Å². The Morgan fingerprint density at radius 1 is 1.00 bits per heavy atom. The van der Waals surface area contributed by atoms with Crippen molar-refractivity contribution in [3.63, 3.8) is 0 Å². The highest BCUT2D eigenvalue weighted by atomic mass is 16.5. The molecule has 2 atom stereocenters. The zero-order valence-corrected chi connectivity index (χ0v) is 19.9. The molecule has 182 valence electrons. The molecule has 1 aliphatic carbocycles. The van der Waals surface area contributed by atoms with Gasteiger partial charge < -0.3 is 20.5 Å². The number of rotatable bonds is 12. The normalized spacial score (nSPS) is 13.9. The molecule has 0 saturated heterocycles. The number of fused-ring (bicyclic) bond motifs is 3. The maximum atomic E-state index is 12.7. The van der Waals surface area contributed by atoms with Crippen LogP contribution in [0.25, 0.3) is 11.1 Å². The van der Waals surface area contributed by atoms with Crippen molar-refractivity contribution < 1.29 is 24.2 Å². The molecule has 0 radical (unpaired) electrons. The first-order chi connectivity index (χ1) is 16.4. The summed E-state index contributed by atoms with van der Waals surface area (Å²) >= 11 is 0. The van der Waals surface area contributed by atoms with Crippen molar-refractivity contribution in [2.45, 2.75) is 57.9 Å². The fourth-order valence-electron chi connectivity index (χ4n) is 4.52. The molecule has 3 N–H and O–H groups in total. The molecule has 7 nitrogen and oxygen atoms in total. The van der Waals surface area contributed by atoms with Gasteiger partial charge in [0.1, 0.15) is 6.61 Å². The van der Waals surface area contributed by atoms with Gasteiger partial charge in [0.15, 0.2) is 0 Å². The molecule has 0 bridgehead atoms. The van der Waals surface area contributed by atoms with Crippen LogP contribution < -0.4 is 10.6 Å². The van der Waals surface area contributed by atoms with E-state index in [0.29, 0.717) is 19.3 Å². The van der Waals surface area contributed by atoms with E-state index in [4.69, 9.17) is 9.84 Å². The molecule has 2 aromatic carbocycles. The largest absolute Gasteiger partial charge is 0.481 e. The van der Waals surface area contributed by atoms with Crippen molar-refractivity contribution in [1.29, 1.82) is 0 Å². The number of benzene rings is 2. The molecule has 0 aliphatic heterocycles. The lowest BCUT2D eigenvalue weighted by Crippen LogP contribution is -2.42. The number of carbonyl (C=O) groups is 3. The number of alkyl carbamates (subject to hydrolysis) is 1. The molecule has 34 heavy (non-hydrogen) atoms. The van der Waals surface area contributed by atoms with Gasteiger partial charge in [0.2, 0.25) is 5.91 Å². The molecule has 1 aliphatic rings. The maximum absolute atomic E-state index is 12.7. The first-order valence-corrected chi connectivity index (χ1v) is 12.0. The summed E-state index contributed by atoms with van der Waals surface area (Å²) in [6, 6.07) is 16.2. The third kappa shape index (κ3) is 6.59. The third-order valence-electron chi connectivity index (χ3n) is 6.26. The molecule has 0 spiro atoms. The van der Waals surface area contributed by atoms with Crippen LogP contribution in [-0.2, 0) is 14.3 Å². The van der Waals surface area contributed by atoms with Crippen LogP contribution in [0.5, 0.6) is 0 Å². The van der Waals surface area contributed by atoms with Gasteiger partial charge in [-0.15, -0.1) is 0 Å². The van der Waals surface area contributed by atoms with E-state index in [9.17, 15) is 14.4 Å². The van der Waals surface area contributed by atoms with Crippen molar-refractivity contribution in [3.05, 3.63) is 59.7 Å². The van der Waals surface area contributed by atoms with Gasteiger partial charge in [-0.1, -0.05) is 61.9 Å². The predicted octanol–water partition coefficient (Wildman–Crippen LogP) is 4.70. The first-order valence-electron chi connectivity index (χ1n) is 12.0. The highest BCUT2D eigenvalue weighted by Gasteiger charge is 2.29.